The molecule has 0 amide bonds. The number of fused-ring (bicyclic) bond motifs is 1. The number of methoxy groups -OCH3 is 1. The van der Waals surface area contributed by atoms with Crippen LogP contribution >= 0.6 is 0 Å². The molecule has 13 heteroatoms. The maximum absolute atomic E-state index is 12.7. The molecule has 13 nitrogen and oxygen atoms in total. The molecule has 4 rings (SSSR count). The number of phenolic OH excluding ortho intramolecular Hbond substituents is 1. The lowest BCUT2D eigenvalue weighted by atomic mass is 9.99. The van der Waals surface area contributed by atoms with Gasteiger partial charge in [-0.15, -0.1) is 0 Å². The smallest absolute Gasteiger partial charge is 0.317 e. The molecule has 202 valence electrons. The molecule has 0 radical (unpaired) electrons. The molecular weight excluding hydrogens is 508 g/mol. The molecule has 1 aliphatic heterocycles. The van der Waals surface area contributed by atoms with E-state index in [2.05, 4.69) is 0 Å². The zero-order valence-electron chi connectivity index (χ0n) is 19.8. The number of carboxylic acid groups (broad SMARTS) is 1. The van der Waals surface area contributed by atoms with Crippen LogP contribution in [-0.2, 0) is 19.1 Å². The number of carbonyl (C=O) groups excluding carboxylic acids is 1. The lowest BCUT2D eigenvalue weighted by Crippen LogP contribution is -2.60. The van der Waals surface area contributed by atoms with Gasteiger partial charge in [0.15, 0.2) is 5.43 Å². The van der Waals surface area contributed by atoms with Crippen LogP contribution in [0.15, 0.2) is 51.7 Å². The van der Waals surface area contributed by atoms with Crippen LogP contribution in [0.2, 0.25) is 0 Å². The normalized spacial score (nSPS) is 23.1. The highest BCUT2D eigenvalue weighted by atomic mass is 16.7. The van der Waals surface area contributed by atoms with Crippen molar-refractivity contribution < 1.29 is 58.5 Å². The van der Waals surface area contributed by atoms with E-state index in [1.54, 1.807) is 24.3 Å². The molecule has 1 fully saturated rings. The van der Waals surface area contributed by atoms with E-state index >= 15 is 0 Å². The zero-order chi connectivity index (χ0) is 27.6. The van der Waals surface area contributed by atoms with E-state index in [0.29, 0.717) is 11.3 Å². The first-order valence-electron chi connectivity index (χ1n) is 11.3. The van der Waals surface area contributed by atoms with Crippen LogP contribution in [0.4, 0.5) is 0 Å². The third-order valence-corrected chi connectivity index (χ3v) is 5.78. The summed E-state index contributed by atoms with van der Waals surface area (Å²) < 4.78 is 26.7. The Hall–Kier alpha value is -4.17. The topological polar surface area (TPSA) is 202 Å². The third kappa shape index (κ3) is 5.70. The number of aliphatic hydroxyl groups is 3. The molecule has 5 atom stereocenters. The number of phenols is 1. The highest BCUT2D eigenvalue weighted by molar-refractivity contribution is 5.90. The minimum absolute atomic E-state index is 0.0525. The Balaban J connectivity index is 1.58. The van der Waals surface area contributed by atoms with Gasteiger partial charge in [0.25, 0.3) is 0 Å². The van der Waals surface area contributed by atoms with Gasteiger partial charge in [0.05, 0.1) is 7.11 Å². The maximum Gasteiger partial charge on any atom is 0.317 e. The van der Waals surface area contributed by atoms with Crippen molar-refractivity contribution in [1.82, 2.24) is 0 Å². The van der Waals surface area contributed by atoms with E-state index in [1.807, 2.05) is 0 Å². The summed E-state index contributed by atoms with van der Waals surface area (Å²) in [6.45, 7) is -0.639. The van der Waals surface area contributed by atoms with Crippen molar-refractivity contribution in [2.45, 2.75) is 37.1 Å². The molecule has 38 heavy (non-hydrogen) atoms. The molecule has 2 aromatic carbocycles. The fourth-order valence-electron chi connectivity index (χ4n) is 3.84. The molecular formula is C25H24O13. The largest absolute Gasteiger partial charge is 0.507 e. The number of ether oxygens (including phenoxy) is 4. The van der Waals surface area contributed by atoms with Gasteiger partial charge < -0.3 is 48.9 Å². The second kappa shape index (κ2) is 11.1. The lowest BCUT2D eigenvalue weighted by molar-refractivity contribution is -0.278. The summed E-state index contributed by atoms with van der Waals surface area (Å²) in [7, 11) is 1.51. The van der Waals surface area contributed by atoms with E-state index in [9.17, 15) is 34.8 Å². The Morgan fingerprint density at radius 2 is 1.68 bits per heavy atom. The molecule has 1 aliphatic rings. The van der Waals surface area contributed by atoms with Crippen LogP contribution in [0.1, 0.15) is 6.42 Å². The van der Waals surface area contributed by atoms with Crippen LogP contribution in [0.5, 0.6) is 17.2 Å². The molecule has 3 aromatic rings. The van der Waals surface area contributed by atoms with E-state index in [4.69, 9.17) is 28.5 Å². The van der Waals surface area contributed by atoms with Crippen LogP contribution < -0.4 is 14.9 Å². The highest BCUT2D eigenvalue weighted by Crippen LogP contribution is 2.33. The average molecular weight is 532 g/mol. The average Bonchev–Trinajstić information content (AvgIpc) is 2.87. The molecule has 0 saturated carbocycles. The van der Waals surface area contributed by atoms with Gasteiger partial charge in [-0.1, -0.05) is 0 Å². The second-order valence-electron chi connectivity index (χ2n) is 8.41. The van der Waals surface area contributed by atoms with Crippen molar-refractivity contribution in [2.24, 2.45) is 0 Å². The van der Waals surface area contributed by atoms with Crippen molar-refractivity contribution in [3.8, 4) is 28.6 Å². The number of aliphatic hydroxyl groups excluding tert-OH is 3. The number of esters is 1. The first kappa shape index (κ1) is 26.9. The molecule has 5 N–H and O–H groups in total. The molecule has 0 aliphatic carbocycles. The Morgan fingerprint density at radius 1 is 0.974 bits per heavy atom. The minimum Gasteiger partial charge on any atom is -0.507 e. The van der Waals surface area contributed by atoms with Crippen molar-refractivity contribution in [2.75, 3.05) is 13.7 Å². The van der Waals surface area contributed by atoms with Gasteiger partial charge in [-0.05, 0) is 24.3 Å². The van der Waals surface area contributed by atoms with Gasteiger partial charge in [0.1, 0.15) is 71.4 Å². The van der Waals surface area contributed by atoms with Crippen molar-refractivity contribution in [3.05, 3.63) is 52.7 Å². The Morgan fingerprint density at radius 3 is 2.34 bits per heavy atom. The van der Waals surface area contributed by atoms with Crippen LogP contribution in [0.3, 0.4) is 0 Å². The zero-order valence-corrected chi connectivity index (χ0v) is 19.8. The molecule has 2 unspecified atom stereocenters. The Kier molecular flexibility index (Phi) is 7.83. The number of aliphatic carboxylic acids is 1. The first-order chi connectivity index (χ1) is 18.1. The maximum atomic E-state index is 12.7. The number of aromatic hydroxyl groups is 1. The van der Waals surface area contributed by atoms with E-state index in [1.165, 1.54) is 19.2 Å². The van der Waals surface area contributed by atoms with Crippen LogP contribution in [0.25, 0.3) is 22.3 Å². The van der Waals surface area contributed by atoms with Gasteiger partial charge in [0.2, 0.25) is 6.29 Å². The van der Waals surface area contributed by atoms with Gasteiger partial charge in [-0.3, -0.25) is 14.4 Å². The molecule has 1 saturated heterocycles. The summed E-state index contributed by atoms with van der Waals surface area (Å²) in [4.78, 5) is 34.8. The van der Waals surface area contributed by atoms with Gasteiger partial charge in [-0.25, -0.2) is 0 Å². The standard InChI is InChI=1S/C25H24O13/c1-34-12-4-2-11(3-5-12)16-8-15(27)21-14(26)6-13(7-17(21)37-16)36-25-24(33)23(32)22(31)18(38-25)10-35-20(30)9-19(28)29/h2-8,18,22-26,31-33H,9-10H2,1H3,(H,28,29)/t18-,22?,23+,24?,25-/m1/s1. The third-order valence-electron chi connectivity index (χ3n) is 5.78. The van der Waals surface area contributed by atoms with E-state index < -0.39 is 66.9 Å². The Bertz CT molecular complexity index is 1380. The van der Waals surface area contributed by atoms with E-state index in [0.717, 1.165) is 6.07 Å². The molecule has 2 heterocycles. The van der Waals surface area contributed by atoms with Gasteiger partial charge >= 0.3 is 11.9 Å². The summed E-state index contributed by atoms with van der Waals surface area (Å²) >= 11 is 0. The van der Waals surface area contributed by atoms with E-state index in [-0.39, 0.29) is 22.5 Å². The number of rotatable bonds is 8. The highest BCUT2D eigenvalue weighted by Gasteiger charge is 2.45. The summed E-state index contributed by atoms with van der Waals surface area (Å²) in [5.41, 5.74) is -0.0285. The number of benzene rings is 2. The fourth-order valence-corrected chi connectivity index (χ4v) is 3.84. The number of hydrogen-bond donors (Lipinski definition) is 5. The SMILES string of the molecule is COc1ccc(-c2cc(=O)c3c(O)cc(O[C@@H]4O[C@H](COC(=O)CC(=O)O)C(O)[C@H](O)C4O)cc3o2)cc1. The van der Waals surface area contributed by atoms with Crippen LogP contribution in [0, 0.1) is 0 Å². The molecule has 0 bridgehead atoms. The van der Waals surface area contributed by atoms with Crippen molar-refractivity contribution >= 4 is 22.9 Å². The number of carboxylic acids is 1. The quantitative estimate of drug-likeness (QED) is 0.197. The number of carbonyl (C=O) groups is 2. The lowest BCUT2D eigenvalue weighted by Gasteiger charge is -2.39. The summed E-state index contributed by atoms with van der Waals surface area (Å²) in [6, 6.07) is 10.2. The minimum atomic E-state index is -1.79. The Labute approximate surface area is 214 Å². The summed E-state index contributed by atoms with van der Waals surface area (Å²) in [5, 5.41) is 49.7. The predicted molar refractivity (Wildman–Crippen MR) is 127 cm³/mol. The predicted octanol–water partition coefficient (Wildman–Crippen LogP) is 0.378. The van der Waals surface area contributed by atoms with Gasteiger partial charge in [0, 0.05) is 23.8 Å². The molecule has 0 spiro atoms. The fraction of sp³-hybridized carbons (Fsp3) is 0.320. The summed E-state index contributed by atoms with van der Waals surface area (Å²) in [6.07, 6.45) is -9.18. The summed E-state index contributed by atoms with van der Waals surface area (Å²) in [5.74, 6) is -2.35. The van der Waals surface area contributed by atoms with Gasteiger partial charge in [-0.2, -0.15) is 0 Å². The van der Waals surface area contributed by atoms with Crippen molar-refractivity contribution in [3.63, 3.8) is 0 Å². The number of hydrogen-bond acceptors (Lipinski definition) is 12. The first-order valence-corrected chi connectivity index (χ1v) is 11.3. The van der Waals surface area contributed by atoms with Crippen LogP contribution in [-0.4, -0.2) is 81.9 Å². The monoisotopic (exact) mass is 532 g/mol. The second-order valence-corrected chi connectivity index (χ2v) is 8.41. The van der Waals surface area contributed by atoms with Crippen molar-refractivity contribution in [1.29, 1.82) is 0 Å². The molecule has 1 aromatic heterocycles.